The summed E-state index contributed by atoms with van der Waals surface area (Å²) in [4.78, 5) is 0.0268. The average molecular weight is 317 g/mol. The van der Waals surface area contributed by atoms with Crippen LogP contribution in [0.2, 0.25) is 0 Å². The molecule has 2 N–H and O–H groups in total. The second kappa shape index (κ2) is 7.19. The minimum Gasteiger partial charge on any atom is -0.495 e. The highest BCUT2D eigenvalue weighted by molar-refractivity contribution is 7.89. The summed E-state index contributed by atoms with van der Waals surface area (Å²) in [6.45, 7) is 1.30. The summed E-state index contributed by atoms with van der Waals surface area (Å²) >= 11 is 0. The number of hydrogen-bond donors (Lipinski definition) is 2. The third-order valence-corrected chi connectivity index (χ3v) is 4.55. The first-order chi connectivity index (χ1) is 10.1. The molecule has 1 aromatic rings. The van der Waals surface area contributed by atoms with Crippen LogP contribution in [-0.4, -0.2) is 53.1 Å². The van der Waals surface area contributed by atoms with Crippen molar-refractivity contribution in [2.24, 2.45) is 0 Å². The van der Waals surface area contributed by atoms with Gasteiger partial charge in [0.05, 0.1) is 39.6 Å². The molecule has 0 aliphatic carbocycles. The summed E-state index contributed by atoms with van der Waals surface area (Å²) in [5.41, 5.74) is 0.579. The Labute approximate surface area is 123 Å². The van der Waals surface area contributed by atoms with E-state index >= 15 is 0 Å². The quantitative estimate of drug-likeness (QED) is 0.760. The minimum absolute atomic E-state index is 0.0268. The monoisotopic (exact) mass is 317 g/mol. The van der Waals surface area contributed by atoms with E-state index in [4.69, 9.17) is 19.3 Å². The van der Waals surface area contributed by atoms with Gasteiger partial charge in [-0.2, -0.15) is 0 Å². The molecular weight excluding hydrogens is 298 g/mol. The second-order valence-electron chi connectivity index (χ2n) is 4.56. The highest BCUT2D eigenvalue weighted by Gasteiger charge is 2.22. The van der Waals surface area contributed by atoms with Gasteiger partial charge in [0, 0.05) is 6.54 Å². The standard InChI is InChI=1S/C13H19NO6S/c1-18-12-6-10(8-15)2-3-13(12)21(16,17)14-7-11-9-19-4-5-20-11/h2-3,6,11,14-15H,4-5,7-9H2,1H3. The van der Waals surface area contributed by atoms with Crippen molar-refractivity contribution in [2.75, 3.05) is 33.5 Å². The summed E-state index contributed by atoms with van der Waals surface area (Å²) < 4.78 is 42.8. The highest BCUT2D eigenvalue weighted by atomic mass is 32.2. The molecular formula is C13H19NO6S. The Kier molecular flexibility index (Phi) is 5.54. The molecule has 21 heavy (non-hydrogen) atoms. The van der Waals surface area contributed by atoms with E-state index < -0.39 is 10.0 Å². The van der Waals surface area contributed by atoms with Crippen LogP contribution in [0.4, 0.5) is 0 Å². The molecule has 118 valence electrons. The second-order valence-corrected chi connectivity index (χ2v) is 6.30. The number of rotatable bonds is 6. The molecule has 1 atom stereocenters. The first-order valence-electron chi connectivity index (χ1n) is 6.53. The van der Waals surface area contributed by atoms with E-state index in [1.165, 1.54) is 25.3 Å². The van der Waals surface area contributed by atoms with Crippen LogP contribution in [0.5, 0.6) is 5.75 Å². The summed E-state index contributed by atoms with van der Waals surface area (Å²) in [7, 11) is -2.34. The van der Waals surface area contributed by atoms with Crippen LogP contribution in [0.1, 0.15) is 5.56 Å². The number of sulfonamides is 1. The first kappa shape index (κ1) is 16.2. The van der Waals surface area contributed by atoms with Gasteiger partial charge in [-0.15, -0.1) is 0 Å². The fourth-order valence-electron chi connectivity index (χ4n) is 1.97. The lowest BCUT2D eigenvalue weighted by Crippen LogP contribution is -2.39. The molecule has 1 fully saturated rings. The molecule has 1 heterocycles. The van der Waals surface area contributed by atoms with Crippen LogP contribution >= 0.6 is 0 Å². The summed E-state index contributed by atoms with van der Waals surface area (Å²) in [5.74, 6) is 0.190. The number of methoxy groups -OCH3 is 1. The third kappa shape index (κ3) is 4.14. The first-order valence-corrected chi connectivity index (χ1v) is 8.02. The maximum absolute atomic E-state index is 12.3. The van der Waals surface area contributed by atoms with Gasteiger partial charge in [0.25, 0.3) is 0 Å². The minimum atomic E-state index is -3.72. The van der Waals surface area contributed by atoms with Crippen LogP contribution in [0, 0.1) is 0 Å². The van der Waals surface area contributed by atoms with E-state index in [-0.39, 0.29) is 29.9 Å². The normalized spacial score (nSPS) is 19.4. The van der Waals surface area contributed by atoms with E-state index in [0.717, 1.165) is 0 Å². The van der Waals surface area contributed by atoms with Crippen LogP contribution < -0.4 is 9.46 Å². The van der Waals surface area contributed by atoms with E-state index in [9.17, 15) is 8.42 Å². The maximum Gasteiger partial charge on any atom is 0.244 e. The number of benzene rings is 1. The molecule has 7 nitrogen and oxygen atoms in total. The Morgan fingerprint density at radius 1 is 1.43 bits per heavy atom. The number of ether oxygens (including phenoxy) is 3. The zero-order chi connectivity index (χ0) is 15.3. The van der Waals surface area contributed by atoms with Gasteiger partial charge in [0.1, 0.15) is 10.6 Å². The van der Waals surface area contributed by atoms with Crippen LogP contribution in [0.15, 0.2) is 23.1 Å². The van der Waals surface area contributed by atoms with Crippen molar-refractivity contribution in [3.8, 4) is 5.75 Å². The Morgan fingerprint density at radius 2 is 2.24 bits per heavy atom. The molecule has 1 aliphatic heterocycles. The molecule has 8 heteroatoms. The van der Waals surface area contributed by atoms with Crippen LogP contribution in [0.3, 0.4) is 0 Å². The van der Waals surface area contributed by atoms with Crippen molar-refractivity contribution < 1.29 is 27.7 Å². The predicted molar refractivity (Wildman–Crippen MR) is 74.7 cm³/mol. The topological polar surface area (TPSA) is 94.1 Å². The van der Waals surface area contributed by atoms with Crippen molar-refractivity contribution in [2.45, 2.75) is 17.6 Å². The van der Waals surface area contributed by atoms with E-state index in [0.29, 0.717) is 25.4 Å². The molecule has 1 unspecified atom stereocenters. The summed E-state index contributed by atoms with van der Waals surface area (Å²) in [6, 6.07) is 4.44. The average Bonchev–Trinajstić information content (AvgIpc) is 2.53. The summed E-state index contributed by atoms with van der Waals surface area (Å²) in [6.07, 6.45) is -0.295. The Morgan fingerprint density at radius 3 is 2.86 bits per heavy atom. The van der Waals surface area contributed by atoms with E-state index in [1.54, 1.807) is 0 Å². The lowest BCUT2D eigenvalue weighted by atomic mass is 10.2. The number of aliphatic hydroxyl groups excluding tert-OH is 1. The van der Waals surface area contributed by atoms with Gasteiger partial charge in [-0.3, -0.25) is 0 Å². The molecule has 0 aromatic heterocycles. The number of hydrogen-bond acceptors (Lipinski definition) is 6. The van der Waals surface area contributed by atoms with Gasteiger partial charge in [-0.1, -0.05) is 6.07 Å². The summed E-state index contributed by atoms with van der Waals surface area (Å²) in [5, 5.41) is 9.07. The smallest absolute Gasteiger partial charge is 0.244 e. The molecule has 0 radical (unpaired) electrons. The van der Waals surface area contributed by atoms with Crippen molar-refractivity contribution in [1.82, 2.24) is 4.72 Å². The number of nitrogens with one attached hydrogen (secondary N) is 1. The zero-order valence-electron chi connectivity index (χ0n) is 11.7. The van der Waals surface area contributed by atoms with Crippen molar-refractivity contribution in [3.63, 3.8) is 0 Å². The van der Waals surface area contributed by atoms with Gasteiger partial charge < -0.3 is 19.3 Å². The molecule has 1 aromatic carbocycles. The lowest BCUT2D eigenvalue weighted by molar-refractivity contribution is -0.0846. The Hall–Kier alpha value is -1.19. The fourth-order valence-corrected chi connectivity index (χ4v) is 3.18. The maximum atomic E-state index is 12.3. The van der Waals surface area contributed by atoms with Crippen molar-refractivity contribution >= 4 is 10.0 Å². The molecule has 0 spiro atoms. The Bertz CT molecular complexity index is 568. The lowest BCUT2D eigenvalue weighted by Gasteiger charge is -2.23. The van der Waals surface area contributed by atoms with Gasteiger partial charge in [0.2, 0.25) is 10.0 Å². The largest absolute Gasteiger partial charge is 0.495 e. The third-order valence-electron chi connectivity index (χ3n) is 3.09. The molecule has 2 rings (SSSR count). The van der Waals surface area contributed by atoms with Gasteiger partial charge in [-0.25, -0.2) is 13.1 Å². The molecule has 0 bridgehead atoms. The number of aliphatic hydroxyl groups is 1. The van der Waals surface area contributed by atoms with E-state index in [1.807, 2.05) is 0 Å². The van der Waals surface area contributed by atoms with Gasteiger partial charge in [-0.05, 0) is 17.7 Å². The molecule has 1 aliphatic rings. The Balaban J connectivity index is 2.11. The van der Waals surface area contributed by atoms with Gasteiger partial charge in [0.15, 0.2) is 0 Å². The SMILES string of the molecule is COc1cc(CO)ccc1S(=O)(=O)NCC1COCCO1. The van der Waals surface area contributed by atoms with E-state index in [2.05, 4.69) is 4.72 Å². The highest BCUT2D eigenvalue weighted by Crippen LogP contribution is 2.25. The predicted octanol–water partition coefficient (Wildman–Crippen LogP) is -0.119. The fraction of sp³-hybridized carbons (Fsp3) is 0.538. The van der Waals surface area contributed by atoms with Crippen molar-refractivity contribution in [3.05, 3.63) is 23.8 Å². The molecule has 0 saturated carbocycles. The van der Waals surface area contributed by atoms with Crippen molar-refractivity contribution in [1.29, 1.82) is 0 Å². The van der Waals surface area contributed by atoms with Crippen LogP contribution in [0.25, 0.3) is 0 Å². The molecule has 1 saturated heterocycles. The molecule has 0 amide bonds. The zero-order valence-corrected chi connectivity index (χ0v) is 12.6. The van der Waals surface area contributed by atoms with Crippen LogP contribution in [-0.2, 0) is 26.1 Å². The van der Waals surface area contributed by atoms with Gasteiger partial charge >= 0.3 is 0 Å².